The molecule has 128 valence electrons. The van der Waals surface area contributed by atoms with Gasteiger partial charge in [0.15, 0.2) is 0 Å². The summed E-state index contributed by atoms with van der Waals surface area (Å²) >= 11 is 7.34. The van der Waals surface area contributed by atoms with Crippen LogP contribution in [0.15, 0.2) is 12.1 Å². The van der Waals surface area contributed by atoms with Crippen LogP contribution in [0.5, 0.6) is 0 Å². The molecule has 0 fully saturated rings. The van der Waals surface area contributed by atoms with Gasteiger partial charge in [0.05, 0.1) is 20.9 Å². The van der Waals surface area contributed by atoms with E-state index in [9.17, 15) is 20.2 Å². The van der Waals surface area contributed by atoms with E-state index in [-0.39, 0.29) is 16.1 Å². The van der Waals surface area contributed by atoms with Gasteiger partial charge in [0, 0.05) is 18.5 Å². The summed E-state index contributed by atoms with van der Waals surface area (Å²) in [4.78, 5) is 22.2. The van der Waals surface area contributed by atoms with E-state index in [2.05, 4.69) is 10.2 Å². The van der Waals surface area contributed by atoms with Gasteiger partial charge in [-0.1, -0.05) is 43.7 Å². The number of hydrogen-bond donors (Lipinski definition) is 0. The minimum Gasteiger partial charge on any atom is -0.312 e. The third kappa shape index (κ3) is 3.44. The van der Waals surface area contributed by atoms with Crippen LogP contribution < -0.4 is 4.90 Å². The van der Waals surface area contributed by atoms with Crippen molar-refractivity contribution < 1.29 is 9.85 Å². The van der Waals surface area contributed by atoms with Crippen molar-refractivity contribution in [2.45, 2.75) is 26.2 Å². The Kier molecular flexibility index (Phi) is 4.72. The molecular formula is C13H14ClN5O4S. The molecule has 9 nitrogen and oxygen atoms in total. The van der Waals surface area contributed by atoms with Gasteiger partial charge in [-0.2, -0.15) is 0 Å². The number of halogens is 1. The summed E-state index contributed by atoms with van der Waals surface area (Å²) in [6.07, 6.45) is 0. The highest BCUT2D eigenvalue weighted by Gasteiger charge is 2.29. The maximum absolute atomic E-state index is 11.3. The fourth-order valence-electron chi connectivity index (χ4n) is 1.90. The second-order valence-corrected chi connectivity index (χ2v) is 7.37. The quantitative estimate of drug-likeness (QED) is 0.587. The van der Waals surface area contributed by atoms with Crippen LogP contribution in [0.3, 0.4) is 0 Å². The van der Waals surface area contributed by atoms with Gasteiger partial charge in [-0.15, -0.1) is 10.2 Å². The van der Waals surface area contributed by atoms with Gasteiger partial charge in [0.1, 0.15) is 10.7 Å². The van der Waals surface area contributed by atoms with Gasteiger partial charge in [0.25, 0.3) is 5.69 Å². The van der Waals surface area contributed by atoms with Gasteiger partial charge in [-0.05, 0) is 0 Å². The molecule has 2 aromatic rings. The smallest absolute Gasteiger partial charge is 0.301 e. The molecule has 0 bridgehead atoms. The Morgan fingerprint density at radius 2 is 1.79 bits per heavy atom. The molecule has 0 unspecified atom stereocenters. The molecule has 0 saturated carbocycles. The summed E-state index contributed by atoms with van der Waals surface area (Å²) in [7, 11) is 1.55. The van der Waals surface area contributed by atoms with Crippen LogP contribution >= 0.6 is 22.9 Å². The van der Waals surface area contributed by atoms with Crippen molar-refractivity contribution in [1.82, 2.24) is 10.2 Å². The van der Waals surface area contributed by atoms with E-state index >= 15 is 0 Å². The second kappa shape index (κ2) is 6.29. The third-order valence-electron chi connectivity index (χ3n) is 3.11. The van der Waals surface area contributed by atoms with E-state index in [4.69, 9.17) is 11.6 Å². The molecule has 0 saturated heterocycles. The molecule has 0 N–H and O–H groups in total. The summed E-state index contributed by atoms with van der Waals surface area (Å²) in [5.74, 6) is 0. The number of anilines is 2. The lowest BCUT2D eigenvalue weighted by Gasteiger charge is -2.17. The van der Waals surface area contributed by atoms with E-state index in [0.717, 1.165) is 17.1 Å². The van der Waals surface area contributed by atoms with Gasteiger partial charge >= 0.3 is 5.69 Å². The van der Waals surface area contributed by atoms with Crippen LogP contribution in [0.1, 0.15) is 25.8 Å². The van der Waals surface area contributed by atoms with Gasteiger partial charge < -0.3 is 4.90 Å². The summed E-state index contributed by atoms with van der Waals surface area (Å²) in [6.45, 7) is 5.91. The third-order valence-corrected chi connectivity index (χ3v) is 4.83. The number of nitrogens with zero attached hydrogens (tertiary/aromatic N) is 5. The van der Waals surface area contributed by atoms with E-state index in [1.165, 1.54) is 16.2 Å². The first-order chi connectivity index (χ1) is 11.0. The van der Waals surface area contributed by atoms with Crippen molar-refractivity contribution in [3.8, 4) is 0 Å². The molecule has 0 amide bonds. The van der Waals surface area contributed by atoms with Crippen LogP contribution in [-0.4, -0.2) is 27.1 Å². The maximum Gasteiger partial charge on any atom is 0.301 e. The zero-order chi connectivity index (χ0) is 18.2. The van der Waals surface area contributed by atoms with Crippen LogP contribution in [0.4, 0.5) is 22.2 Å². The number of nitro benzene ring substituents is 2. The first-order valence-electron chi connectivity index (χ1n) is 6.72. The largest absolute Gasteiger partial charge is 0.312 e. The van der Waals surface area contributed by atoms with Gasteiger partial charge in [-0.25, -0.2) is 0 Å². The summed E-state index contributed by atoms with van der Waals surface area (Å²) in [5.41, 5.74) is -1.10. The Labute approximate surface area is 146 Å². The van der Waals surface area contributed by atoms with E-state index in [1.54, 1.807) is 7.05 Å². The van der Waals surface area contributed by atoms with Crippen molar-refractivity contribution in [3.05, 3.63) is 42.4 Å². The number of nitro groups is 2. The predicted molar refractivity (Wildman–Crippen MR) is 91.4 cm³/mol. The number of rotatable bonds is 4. The molecule has 0 aliphatic rings. The van der Waals surface area contributed by atoms with Crippen molar-refractivity contribution in [1.29, 1.82) is 0 Å². The Morgan fingerprint density at radius 1 is 1.17 bits per heavy atom. The van der Waals surface area contributed by atoms with Crippen LogP contribution in [0, 0.1) is 20.2 Å². The lowest BCUT2D eigenvalue weighted by molar-refractivity contribution is -0.393. The average Bonchev–Trinajstić information content (AvgIpc) is 2.95. The predicted octanol–water partition coefficient (Wildman–Crippen LogP) is 4.07. The SMILES string of the molecule is CN(c1nnc(C(C)(C)C)s1)c1c(Cl)cc([N+](=O)[O-])cc1[N+](=O)[O-]. The topological polar surface area (TPSA) is 115 Å². The molecule has 11 heteroatoms. The number of aromatic nitrogens is 2. The molecule has 0 radical (unpaired) electrons. The summed E-state index contributed by atoms with van der Waals surface area (Å²) in [6, 6.07) is 1.95. The Hall–Kier alpha value is -2.33. The molecule has 1 aromatic carbocycles. The van der Waals surface area contributed by atoms with E-state index in [1.807, 2.05) is 20.8 Å². The van der Waals surface area contributed by atoms with Crippen LogP contribution in [0.2, 0.25) is 5.02 Å². The van der Waals surface area contributed by atoms with Crippen LogP contribution in [0.25, 0.3) is 0 Å². The number of non-ortho nitro benzene ring substituents is 1. The first kappa shape index (κ1) is 18.0. The van der Waals surface area contributed by atoms with Crippen LogP contribution in [-0.2, 0) is 5.41 Å². The highest BCUT2D eigenvalue weighted by Crippen LogP contribution is 2.42. The zero-order valence-corrected chi connectivity index (χ0v) is 14.9. The molecule has 0 aliphatic heterocycles. The van der Waals surface area contributed by atoms with Crippen molar-refractivity contribution in [3.63, 3.8) is 0 Å². The average molecular weight is 372 g/mol. The van der Waals surface area contributed by atoms with Gasteiger partial charge in [-0.3, -0.25) is 20.2 Å². The molecule has 24 heavy (non-hydrogen) atoms. The standard InChI is InChI=1S/C13H14ClN5O4S/c1-13(2,3)11-15-16-12(24-11)17(4)10-8(14)5-7(18(20)21)6-9(10)19(22)23/h5-6H,1-4H3. The number of benzene rings is 1. The molecular weight excluding hydrogens is 358 g/mol. The second-order valence-electron chi connectivity index (χ2n) is 6.01. The molecule has 1 aromatic heterocycles. The summed E-state index contributed by atoms with van der Waals surface area (Å²) in [5, 5.41) is 31.4. The monoisotopic (exact) mass is 371 g/mol. The molecule has 0 spiro atoms. The minimum absolute atomic E-state index is 0.0314. The summed E-state index contributed by atoms with van der Waals surface area (Å²) < 4.78 is 0. The van der Waals surface area contributed by atoms with Crippen molar-refractivity contribution in [2.24, 2.45) is 0 Å². The van der Waals surface area contributed by atoms with Crippen molar-refractivity contribution >= 4 is 45.1 Å². The maximum atomic E-state index is 11.3. The lowest BCUT2D eigenvalue weighted by atomic mass is 9.98. The first-order valence-corrected chi connectivity index (χ1v) is 7.92. The van der Waals surface area contributed by atoms with E-state index in [0.29, 0.717) is 5.13 Å². The number of hydrogen-bond acceptors (Lipinski definition) is 8. The van der Waals surface area contributed by atoms with Crippen molar-refractivity contribution in [2.75, 3.05) is 11.9 Å². The van der Waals surface area contributed by atoms with E-state index < -0.39 is 21.2 Å². The highest BCUT2D eigenvalue weighted by atomic mass is 35.5. The normalized spacial score (nSPS) is 11.4. The fourth-order valence-corrected chi connectivity index (χ4v) is 3.10. The van der Waals surface area contributed by atoms with Gasteiger partial charge in [0.2, 0.25) is 5.13 Å². The fraction of sp³-hybridized carbons (Fsp3) is 0.385. The Bertz CT molecular complexity index is 817. The zero-order valence-electron chi connectivity index (χ0n) is 13.3. The molecule has 0 aliphatic carbocycles. The lowest BCUT2D eigenvalue weighted by Crippen LogP contribution is -2.12. The Balaban J connectivity index is 2.56. The highest BCUT2D eigenvalue weighted by molar-refractivity contribution is 7.15. The molecule has 0 atom stereocenters. The molecule has 2 rings (SSSR count). The minimum atomic E-state index is -0.731. The molecule has 1 heterocycles. The Morgan fingerprint density at radius 3 is 2.25 bits per heavy atom.